The van der Waals surface area contributed by atoms with E-state index in [0.717, 1.165) is 32.4 Å². The van der Waals surface area contributed by atoms with Crippen molar-refractivity contribution in [3.05, 3.63) is 24.3 Å². The first-order valence-electron chi connectivity index (χ1n) is 9.59. The lowest BCUT2D eigenvalue weighted by Gasteiger charge is -2.32. The number of likely N-dealkylation sites (tertiary alicyclic amines) is 2. The molecular formula is C19H27N3O5S. The van der Waals surface area contributed by atoms with Crippen LogP contribution >= 0.6 is 0 Å². The van der Waals surface area contributed by atoms with Crippen LogP contribution in [0.5, 0.6) is 5.75 Å². The Morgan fingerprint density at radius 2 is 1.79 bits per heavy atom. The van der Waals surface area contributed by atoms with E-state index in [9.17, 15) is 18.0 Å². The average Bonchev–Trinajstić information content (AvgIpc) is 3.07. The Kier molecular flexibility index (Phi) is 6.24. The largest absolute Gasteiger partial charge is 0.497 e. The number of benzene rings is 1. The molecule has 1 aromatic carbocycles. The Balaban J connectivity index is 1.65. The number of ether oxygens (including phenoxy) is 1. The van der Waals surface area contributed by atoms with E-state index in [1.54, 1.807) is 24.0 Å². The maximum atomic E-state index is 12.8. The summed E-state index contributed by atoms with van der Waals surface area (Å²) >= 11 is 0. The number of methoxy groups -OCH3 is 1. The van der Waals surface area contributed by atoms with Gasteiger partial charge in [0.15, 0.2) is 0 Å². The summed E-state index contributed by atoms with van der Waals surface area (Å²) in [7, 11) is -2.34. The Hall–Kier alpha value is -2.13. The molecule has 2 fully saturated rings. The minimum Gasteiger partial charge on any atom is -0.497 e. The highest BCUT2D eigenvalue weighted by Gasteiger charge is 2.40. The average molecular weight is 410 g/mol. The summed E-state index contributed by atoms with van der Waals surface area (Å²) < 4.78 is 32.7. The summed E-state index contributed by atoms with van der Waals surface area (Å²) in [6.45, 7) is 3.52. The highest BCUT2D eigenvalue weighted by atomic mass is 32.2. The van der Waals surface area contributed by atoms with Crippen molar-refractivity contribution in [1.29, 1.82) is 0 Å². The Labute approximate surface area is 165 Å². The van der Waals surface area contributed by atoms with E-state index in [4.69, 9.17) is 4.74 Å². The molecule has 154 valence electrons. The van der Waals surface area contributed by atoms with Crippen LogP contribution in [0.3, 0.4) is 0 Å². The lowest BCUT2D eigenvalue weighted by molar-refractivity contribution is -0.143. The minimum atomic E-state index is -3.84. The fraction of sp³-hybridized carbons (Fsp3) is 0.579. The van der Waals surface area contributed by atoms with Crippen molar-refractivity contribution in [3.63, 3.8) is 0 Å². The molecule has 2 aliphatic heterocycles. The van der Waals surface area contributed by atoms with Crippen LogP contribution in [0.1, 0.15) is 32.6 Å². The Morgan fingerprint density at radius 3 is 2.39 bits per heavy atom. The minimum absolute atomic E-state index is 0.0632. The molecule has 2 saturated heterocycles. The predicted octanol–water partition coefficient (Wildman–Crippen LogP) is 0.975. The molecule has 9 heteroatoms. The van der Waals surface area contributed by atoms with Crippen molar-refractivity contribution >= 4 is 21.8 Å². The zero-order valence-electron chi connectivity index (χ0n) is 16.3. The zero-order chi connectivity index (χ0) is 20.3. The third-order valence-corrected chi connectivity index (χ3v) is 6.89. The molecule has 0 radical (unpaired) electrons. The van der Waals surface area contributed by atoms with E-state index in [0.29, 0.717) is 18.7 Å². The summed E-state index contributed by atoms with van der Waals surface area (Å²) in [5.74, 6) is 0.133. The van der Waals surface area contributed by atoms with E-state index in [1.807, 2.05) is 0 Å². The van der Waals surface area contributed by atoms with E-state index in [1.165, 1.54) is 24.1 Å². The molecule has 2 atom stereocenters. The number of carbonyl (C=O) groups excluding carboxylic acids is 2. The zero-order valence-corrected chi connectivity index (χ0v) is 17.1. The molecule has 2 aliphatic rings. The number of nitrogens with zero attached hydrogens (tertiary/aromatic N) is 2. The number of piperidine rings is 1. The number of nitrogens with one attached hydrogen (secondary N) is 1. The molecule has 8 nitrogen and oxygen atoms in total. The number of sulfonamides is 1. The van der Waals surface area contributed by atoms with Crippen molar-refractivity contribution in [2.75, 3.05) is 26.7 Å². The van der Waals surface area contributed by atoms with E-state index < -0.39 is 22.1 Å². The van der Waals surface area contributed by atoms with Crippen LogP contribution in [0.25, 0.3) is 0 Å². The van der Waals surface area contributed by atoms with Crippen molar-refractivity contribution in [3.8, 4) is 5.75 Å². The molecule has 0 unspecified atom stereocenters. The van der Waals surface area contributed by atoms with Gasteiger partial charge < -0.3 is 14.5 Å². The predicted molar refractivity (Wildman–Crippen MR) is 103 cm³/mol. The van der Waals surface area contributed by atoms with E-state index >= 15 is 0 Å². The van der Waals surface area contributed by atoms with Gasteiger partial charge in [0.1, 0.15) is 17.8 Å². The molecule has 2 amide bonds. The summed E-state index contributed by atoms with van der Waals surface area (Å²) in [5, 5.41) is 0. The van der Waals surface area contributed by atoms with Gasteiger partial charge in [-0.1, -0.05) is 0 Å². The molecule has 3 rings (SSSR count). The van der Waals surface area contributed by atoms with Crippen molar-refractivity contribution in [2.45, 2.75) is 49.6 Å². The van der Waals surface area contributed by atoms with Gasteiger partial charge in [-0.25, -0.2) is 8.42 Å². The van der Waals surface area contributed by atoms with Gasteiger partial charge in [-0.15, -0.1) is 0 Å². The third kappa shape index (κ3) is 4.30. The number of hydrogen-bond donors (Lipinski definition) is 1. The summed E-state index contributed by atoms with van der Waals surface area (Å²) in [6, 6.07) is 4.53. The van der Waals surface area contributed by atoms with Crippen molar-refractivity contribution in [2.24, 2.45) is 0 Å². The van der Waals surface area contributed by atoms with Gasteiger partial charge in [0.25, 0.3) is 0 Å². The molecule has 0 aliphatic carbocycles. The second-order valence-electron chi connectivity index (χ2n) is 7.23. The molecule has 0 bridgehead atoms. The van der Waals surface area contributed by atoms with Gasteiger partial charge in [-0.05, 0) is 56.9 Å². The van der Waals surface area contributed by atoms with Crippen LogP contribution in [-0.2, 0) is 19.6 Å². The quantitative estimate of drug-likeness (QED) is 0.755. The molecule has 0 aromatic heterocycles. The number of rotatable bonds is 6. The molecule has 28 heavy (non-hydrogen) atoms. The summed E-state index contributed by atoms with van der Waals surface area (Å²) in [4.78, 5) is 28.8. The molecule has 0 saturated carbocycles. The summed E-state index contributed by atoms with van der Waals surface area (Å²) in [6.07, 6.45) is 3.43. The molecule has 0 spiro atoms. The van der Waals surface area contributed by atoms with E-state index in [-0.39, 0.29) is 16.7 Å². The van der Waals surface area contributed by atoms with E-state index in [2.05, 4.69) is 4.72 Å². The smallest absolute Gasteiger partial charge is 0.245 e. The maximum Gasteiger partial charge on any atom is 0.245 e. The summed E-state index contributed by atoms with van der Waals surface area (Å²) in [5.41, 5.74) is 0. The van der Waals surface area contributed by atoms with Gasteiger partial charge in [0.2, 0.25) is 21.8 Å². The normalized spacial score (nSPS) is 21.6. The second-order valence-corrected chi connectivity index (χ2v) is 8.95. The van der Waals surface area contributed by atoms with Gasteiger partial charge >= 0.3 is 0 Å². The van der Waals surface area contributed by atoms with Crippen LogP contribution in [0.2, 0.25) is 0 Å². The topological polar surface area (TPSA) is 96.0 Å². The lowest BCUT2D eigenvalue weighted by atomic mass is 10.1. The number of hydrogen-bond acceptors (Lipinski definition) is 5. The third-order valence-electron chi connectivity index (χ3n) is 5.40. The maximum absolute atomic E-state index is 12.8. The molecule has 1 N–H and O–H groups in total. The highest BCUT2D eigenvalue weighted by Crippen LogP contribution is 2.21. The van der Waals surface area contributed by atoms with Crippen LogP contribution < -0.4 is 9.46 Å². The SMILES string of the molecule is COc1ccc(S(=O)(=O)N[C@@H]2CCN([C@H](C)C(=O)N3CCCCC3)C2=O)cc1. The highest BCUT2D eigenvalue weighted by molar-refractivity contribution is 7.89. The van der Waals surface area contributed by atoms with Gasteiger partial charge in [-0.3, -0.25) is 9.59 Å². The first-order valence-corrected chi connectivity index (χ1v) is 11.1. The number of amides is 2. The van der Waals surface area contributed by atoms with Crippen LogP contribution in [0, 0.1) is 0 Å². The lowest BCUT2D eigenvalue weighted by Crippen LogP contribution is -2.51. The fourth-order valence-electron chi connectivity index (χ4n) is 3.72. The van der Waals surface area contributed by atoms with Crippen molar-refractivity contribution in [1.82, 2.24) is 14.5 Å². The van der Waals surface area contributed by atoms with Crippen LogP contribution in [0.15, 0.2) is 29.2 Å². The van der Waals surface area contributed by atoms with Crippen LogP contribution in [-0.4, -0.2) is 68.9 Å². The fourth-order valence-corrected chi connectivity index (χ4v) is 4.94. The number of carbonyl (C=O) groups is 2. The molecule has 1 aromatic rings. The first kappa shape index (κ1) is 20.6. The molecular weight excluding hydrogens is 382 g/mol. The Morgan fingerprint density at radius 1 is 1.14 bits per heavy atom. The monoisotopic (exact) mass is 409 g/mol. The first-order chi connectivity index (χ1) is 13.3. The standard InChI is InChI=1S/C19H27N3O5S/c1-14(18(23)21-11-4-3-5-12-21)22-13-10-17(19(22)24)20-28(25,26)16-8-6-15(27-2)7-9-16/h6-9,14,17,20H,3-5,10-13H2,1-2H3/t14-,17-/m1/s1. The van der Waals surface area contributed by atoms with Gasteiger partial charge in [-0.2, -0.15) is 4.72 Å². The van der Waals surface area contributed by atoms with Gasteiger partial charge in [0.05, 0.1) is 12.0 Å². The second kappa shape index (κ2) is 8.48. The van der Waals surface area contributed by atoms with Gasteiger partial charge in [0, 0.05) is 19.6 Å². The Bertz CT molecular complexity index is 818. The molecule has 2 heterocycles. The van der Waals surface area contributed by atoms with Crippen LogP contribution in [0.4, 0.5) is 0 Å². The van der Waals surface area contributed by atoms with Crippen molar-refractivity contribution < 1.29 is 22.7 Å².